The summed E-state index contributed by atoms with van der Waals surface area (Å²) in [5, 5.41) is 5.42. The first kappa shape index (κ1) is 13.1. The van der Waals surface area contributed by atoms with E-state index in [1.54, 1.807) is 5.38 Å². The van der Waals surface area contributed by atoms with Gasteiger partial charge in [0.05, 0.1) is 0 Å². The third-order valence-corrected chi connectivity index (χ3v) is 2.54. The molecule has 0 aliphatic carbocycles. The summed E-state index contributed by atoms with van der Waals surface area (Å²) in [6.07, 6.45) is 0.464. The summed E-state index contributed by atoms with van der Waals surface area (Å²) < 4.78 is 0. The van der Waals surface area contributed by atoms with Crippen LogP contribution >= 0.6 is 11.3 Å². The van der Waals surface area contributed by atoms with Crippen molar-refractivity contribution in [1.29, 1.82) is 0 Å². The minimum Gasteiger partial charge on any atom is -0.379 e. The predicted molar refractivity (Wildman–Crippen MR) is 63.5 cm³/mol. The van der Waals surface area contributed by atoms with Crippen LogP contribution in [0.4, 0.5) is 5.13 Å². The third kappa shape index (κ3) is 3.25. The molecular formula is C9H12N4O3S. The van der Waals surface area contributed by atoms with Gasteiger partial charge in [-0.15, -0.1) is 11.3 Å². The molecule has 1 amide bonds. The highest BCUT2D eigenvalue weighted by Gasteiger charge is 2.27. The van der Waals surface area contributed by atoms with E-state index in [0.717, 1.165) is 0 Å². The lowest BCUT2D eigenvalue weighted by atomic mass is 10.1. The Morgan fingerprint density at radius 2 is 2.29 bits per heavy atom. The number of aromatic nitrogens is 1. The van der Waals surface area contributed by atoms with Gasteiger partial charge < -0.3 is 16.3 Å². The number of hydrogen-bond acceptors (Lipinski definition) is 7. The molecule has 0 aliphatic rings. The summed E-state index contributed by atoms with van der Waals surface area (Å²) in [6, 6.07) is 0. The molecule has 0 aliphatic heterocycles. The molecule has 0 spiro atoms. The number of primary amides is 1. The number of nitrogens with two attached hydrogens (primary N) is 2. The molecule has 0 saturated heterocycles. The van der Waals surface area contributed by atoms with E-state index in [-0.39, 0.29) is 5.71 Å². The molecule has 0 atom stereocenters. The van der Waals surface area contributed by atoms with Crippen molar-refractivity contribution in [1.82, 2.24) is 4.98 Å². The van der Waals surface area contributed by atoms with Gasteiger partial charge in [0.25, 0.3) is 5.91 Å². The molecule has 0 unspecified atom stereocenters. The van der Waals surface area contributed by atoms with Crippen molar-refractivity contribution in [2.75, 3.05) is 5.73 Å². The molecule has 1 aromatic heterocycles. The molecule has 0 aromatic carbocycles. The van der Waals surface area contributed by atoms with E-state index >= 15 is 0 Å². The fourth-order valence-electron chi connectivity index (χ4n) is 0.742. The van der Waals surface area contributed by atoms with Gasteiger partial charge in [-0.25, -0.2) is 4.98 Å². The number of carbonyl (C=O) groups is 2. The van der Waals surface area contributed by atoms with Gasteiger partial charge in [0, 0.05) is 5.38 Å². The summed E-state index contributed by atoms with van der Waals surface area (Å²) >= 11 is 1.17. The van der Waals surface area contributed by atoms with Crippen LogP contribution in [0.3, 0.4) is 0 Å². The molecule has 92 valence electrons. The number of aldehydes is 1. The van der Waals surface area contributed by atoms with Gasteiger partial charge in [-0.2, -0.15) is 0 Å². The Kier molecular flexibility index (Phi) is 3.79. The van der Waals surface area contributed by atoms with Crippen LogP contribution in [-0.2, 0) is 14.4 Å². The molecule has 17 heavy (non-hydrogen) atoms. The number of oxime groups is 1. The number of thiazole rings is 1. The van der Waals surface area contributed by atoms with Gasteiger partial charge in [0.1, 0.15) is 5.69 Å². The maximum Gasteiger partial charge on any atom is 0.263 e. The molecule has 8 heteroatoms. The zero-order valence-electron chi connectivity index (χ0n) is 9.34. The van der Waals surface area contributed by atoms with Crippen molar-refractivity contribution >= 4 is 34.4 Å². The first-order chi connectivity index (χ1) is 7.86. The fraction of sp³-hybridized carbons (Fsp3) is 0.333. The zero-order valence-corrected chi connectivity index (χ0v) is 10.2. The molecule has 1 rings (SSSR count). The SMILES string of the molecule is CC(C)(O/N=C(/C=O)c1csc(N)n1)C(N)=O. The van der Waals surface area contributed by atoms with Gasteiger partial charge in [-0.3, -0.25) is 9.59 Å². The first-order valence-electron chi connectivity index (χ1n) is 4.59. The van der Waals surface area contributed by atoms with Crippen molar-refractivity contribution in [3.05, 3.63) is 11.1 Å². The van der Waals surface area contributed by atoms with E-state index in [1.807, 2.05) is 0 Å². The normalized spacial score (nSPS) is 12.2. The number of hydrogen-bond donors (Lipinski definition) is 2. The fourth-order valence-corrected chi connectivity index (χ4v) is 1.30. The van der Waals surface area contributed by atoms with Crippen molar-refractivity contribution in [3.8, 4) is 0 Å². The predicted octanol–water partition coefficient (Wildman–Crippen LogP) is -0.0912. The van der Waals surface area contributed by atoms with Crippen LogP contribution < -0.4 is 11.5 Å². The minimum absolute atomic E-state index is 0.0488. The van der Waals surface area contributed by atoms with E-state index in [2.05, 4.69) is 10.1 Å². The standard InChI is InChI=1S/C9H12N4O3S/c1-9(2,7(10)15)16-13-5(3-14)6-4-17-8(11)12-6/h3-4H,1-2H3,(H2,10,15)(H2,11,12)/b13-5-. The van der Waals surface area contributed by atoms with E-state index < -0.39 is 11.5 Å². The Bertz CT molecular complexity index is 467. The molecule has 0 fully saturated rings. The van der Waals surface area contributed by atoms with Crippen molar-refractivity contribution in [2.24, 2.45) is 10.9 Å². The lowest BCUT2D eigenvalue weighted by molar-refractivity contribution is -0.139. The van der Waals surface area contributed by atoms with Crippen LogP contribution in [0.1, 0.15) is 19.5 Å². The number of anilines is 1. The van der Waals surface area contributed by atoms with Gasteiger partial charge in [0.15, 0.2) is 17.1 Å². The maximum atomic E-state index is 11.0. The number of nitrogens with zero attached hydrogens (tertiary/aromatic N) is 2. The Balaban J connectivity index is 2.89. The number of carbonyl (C=O) groups excluding carboxylic acids is 2. The van der Waals surface area contributed by atoms with Crippen LogP contribution in [0, 0.1) is 0 Å². The quantitative estimate of drug-likeness (QED) is 0.433. The van der Waals surface area contributed by atoms with Crippen molar-refractivity contribution in [2.45, 2.75) is 19.4 Å². The van der Waals surface area contributed by atoms with E-state index in [1.165, 1.54) is 25.2 Å². The summed E-state index contributed by atoms with van der Waals surface area (Å²) in [4.78, 5) is 30.5. The molecule has 0 saturated carbocycles. The second-order valence-electron chi connectivity index (χ2n) is 3.63. The van der Waals surface area contributed by atoms with Crippen molar-refractivity contribution in [3.63, 3.8) is 0 Å². The highest BCUT2D eigenvalue weighted by atomic mass is 32.1. The smallest absolute Gasteiger partial charge is 0.263 e. The van der Waals surface area contributed by atoms with E-state index in [9.17, 15) is 9.59 Å². The maximum absolute atomic E-state index is 11.0. The molecule has 0 bridgehead atoms. The van der Waals surface area contributed by atoms with Gasteiger partial charge in [-0.05, 0) is 13.8 Å². The van der Waals surface area contributed by atoms with Crippen LogP contribution in [0.2, 0.25) is 0 Å². The molecule has 1 aromatic rings. The van der Waals surface area contributed by atoms with Gasteiger partial charge in [-0.1, -0.05) is 5.16 Å². The second kappa shape index (κ2) is 4.91. The Hall–Kier alpha value is -1.96. The monoisotopic (exact) mass is 256 g/mol. The van der Waals surface area contributed by atoms with E-state index in [4.69, 9.17) is 16.3 Å². The largest absolute Gasteiger partial charge is 0.379 e. The molecule has 0 radical (unpaired) electrons. The van der Waals surface area contributed by atoms with Crippen LogP contribution in [0.15, 0.2) is 10.5 Å². The minimum atomic E-state index is -1.30. The van der Waals surface area contributed by atoms with Crippen LogP contribution in [0.5, 0.6) is 0 Å². The van der Waals surface area contributed by atoms with Gasteiger partial charge in [0.2, 0.25) is 5.60 Å². The summed E-state index contributed by atoms with van der Waals surface area (Å²) in [5.41, 5.74) is 9.46. The Morgan fingerprint density at radius 3 is 2.71 bits per heavy atom. The number of amides is 1. The summed E-state index contributed by atoms with van der Waals surface area (Å²) in [5.74, 6) is -0.690. The van der Waals surface area contributed by atoms with Crippen LogP contribution in [-0.4, -0.2) is 28.5 Å². The zero-order chi connectivity index (χ0) is 13.1. The average molecular weight is 256 g/mol. The lowest BCUT2D eigenvalue weighted by Gasteiger charge is -2.17. The molecular weight excluding hydrogens is 244 g/mol. The summed E-state index contributed by atoms with van der Waals surface area (Å²) in [6.45, 7) is 2.88. The summed E-state index contributed by atoms with van der Waals surface area (Å²) in [7, 11) is 0. The molecule has 4 N–H and O–H groups in total. The first-order valence-corrected chi connectivity index (χ1v) is 5.47. The van der Waals surface area contributed by atoms with Crippen LogP contribution in [0.25, 0.3) is 0 Å². The average Bonchev–Trinajstić information content (AvgIpc) is 2.65. The number of rotatable bonds is 5. The van der Waals surface area contributed by atoms with E-state index in [0.29, 0.717) is 17.1 Å². The molecule has 1 heterocycles. The Labute approximate surface area is 101 Å². The van der Waals surface area contributed by atoms with Gasteiger partial charge >= 0.3 is 0 Å². The highest BCUT2D eigenvalue weighted by molar-refractivity contribution is 7.13. The van der Waals surface area contributed by atoms with Crippen molar-refractivity contribution < 1.29 is 14.4 Å². The topological polar surface area (TPSA) is 121 Å². The highest BCUT2D eigenvalue weighted by Crippen LogP contribution is 2.13. The second-order valence-corrected chi connectivity index (χ2v) is 4.52. The Morgan fingerprint density at radius 1 is 1.65 bits per heavy atom. The third-order valence-electron chi connectivity index (χ3n) is 1.86. The lowest BCUT2D eigenvalue weighted by Crippen LogP contribution is -2.39. The molecule has 7 nitrogen and oxygen atoms in total. The number of nitrogen functional groups attached to an aromatic ring is 1.